The number of hydrogen-bond donors (Lipinski definition) is 0. The first-order valence-corrected chi connectivity index (χ1v) is 6.52. The van der Waals surface area contributed by atoms with Crippen LogP contribution in [0.15, 0.2) is 28.2 Å². The van der Waals surface area contributed by atoms with E-state index in [1.807, 2.05) is 51.9 Å². The van der Waals surface area contributed by atoms with Gasteiger partial charge in [-0.2, -0.15) is 0 Å². The van der Waals surface area contributed by atoms with Crippen LogP contribution in [0.3, 0.4) is 0 Å². The van der Waals surface area contributed by atoms with Gasteiger partial charge in [-0.3, -0.25) is 4.79 Å². The van der Waals surface area contributed by atoms with Crippen molar-refractivity contribution >= 4 is 5.91 Å². The van der Waals surface area contributed by atoms with Crippen LogP contribution in [0.1, 0.15) is 25.4 Å². The van der Waals surface area contributed by atoms with Crippen LogP contribution >= 0.6 is 0 Å². The Hall–Kier alpha value is -1.55. The average molecular weight is 264 g/mol. The summed E-state index contributed by atoms with van der Waals surface area (Å²) in [5.74, 6) is 1.74. The second-order valence-electron chi connectivity index (χ2n) is 5.30. The van der Waals surface area contributed by atoms with Gasteiger partial charge >= 0.3 is 0 Å². The molecule has 1 aromatic rings. The minimum atomic E-state index is 0.0379. The molecule has 0 saturated heterocycles. The van der Waals surface area contributed by atoms with Crippen LogP contribution in [0.5, 0.6) is 0 Å². The zero-order chi connectivity index (χ0) is 14.4. The second-order valence-corrected chi connectivity index (χ2v) is 5.30. The number of carbonyl (C=O) groups excluding carboxylic acids is 1. The molecule has 0 radical (unpaired) electrons. The normalized spacial score (nSPS) is 10.6. The third kappa shape index (κ3) is 5.75. The molecule has 0 atom stereocenters. The number of carbonyl (C=O) groups is 1. The van der Waals surface area contributed by atoms with E-state index in [0.29, 0.717) is 13.1 Å². The number of rotatable bonds is 6. The lowest BCUT2D eigenvalue weighted by Gasteiger charge is -2.22. The molecular weight excluding hydrogens is 240 g/mol. The van der Waals surface area contributed by atoms with Gasteiger partial charge in [0.15, 0.2) is 0 Å². The highest BCUT2D eigenvalue weighted by Crippen LogP contribution is 2.10. The molecule has 0 spiro atoms. The molecule has 1 amide bonds. The first-order valence-electron chi connectivity index (χ1n) is 6.52. The molecule has 0 aromatic carbocycles. The van der Waals surface area contributed by atoms with Crippen molar-refractivity contribution in [1.82, 2.24) is 9.80 Å². The molecule has 1 heterocycles. The van der Waals surface area contributed by atoms with E-state index in [-0.39, 0.29) is 5.91 Å². The van der Waals surface area contributed by atoms with Gasteiger partial charge in [0.05, 0.1) is 6.54 Å². The minimum Gasteiger partial charge on any atom is -0.464 e. The maximum Gasteiger partial charge on any atom is 0.246 e. The van der Waals surface area contributed by atoms with Gasteiger partial charge < -0.3 is 14.2 Å². The Morgan fingerprint density at radius 1 is 1.26 bits per heavy atom. The van der Waals surface area contributed by atoms with E-state index in [0.717, 1.165) is 23.6 Å². The predicted molar refractivity (Wildman–Crippen MR) is 76.8 cm³/mol. The van der Waals surface area contributed by atoms with Crippen LogP contribution in [0.4, 0.5) is 0 Å². The van der Waals surface area contributed by atoms with Gasteiger partial charge in [0.25, 0.3) is 0 Å². The van der Waals surface area contributed by atoms with E-state index >= 15 is 0 Å². The third-order valence-corrected chi connectivity index (χ3v) is 2.68. The Morgan fingerprint density at radius 2 is 1.95 bits per heavy atom. The highest BCUT2D eigenvalue weighted by molar-refractivity contribution is 5.88. The smallest absolute Gasteiger partial charge is 0.246 e. The number of furan rings is 1. The van der Waals surface area contributed by atoms with Crippen LogP contribution in [0, 0.1) is 6.92 Å². The Labute approximate surface area is 115 Å². The summed E-state index contributed by atoms with van der Waals surface area (Å²) in [5.41, 5.74) is 1.01. The molecule has 0 aliphatic carbocycles. The fourth-order valence-electron chi connectivity index (χ4n) is 1.68. The lowest BCUT2D eigenvalue weighted by Crippen LogP contribution is -2.35. The maximum absolute atomic E-state index is 12.2. The summed E-state index contributed by atoms with van der Waals surface area (Å²) in [6.45, 7) is 7.81. The summed E-state index contributed by atoms with van der Waals surface area (Å²) in [6, 6.07) is 3.85. The summed E-state index contributed by atoms with van der Waals surface area (Å²) < 4.78 is 5.55. The molecular formula is C15H24N2O2. The van der Waals surface area contributed by atoms with Crippen molar-refractivity contribution in [2.75, 3.05) is 27.2 Å². The molecule has 1 aromatic heterocycles. The summed E-state index contributed by atoms with van der Waals surface area (Å²) in [7, 11) is 4.00. The van der Waals surface area contributed by atoms with Crippen molar-refractivity contribution < 1.29 is 9.21 Å². The highest BCUT2D eigenvalue weighted by Gasteiger charge is 2.13. The first-order chi connectivity index (χ1) is 8.88. The first kappa shape index (κ1) is 15.5. The summed E-state index contributed by atoms with van der Waals surface area (Å²) in [4.78, 5) is 16.0. The largest absolute Gasteiger partial charge is 0.464 e. The molecule has 0 saturated carbocycles. The van der Waals surface area contributed by atoms with E-state index in [4.69, 9.17) is 4.42 Å². The number of nitrogens with zero attached hydrogens (tertiary/aromatic N) is 2. The van der Waals surface area contributed by atoms with Crippen molar-refractivity contribution in [3.8, 4) is 0 Å². The fourth-order valence-corrected chi connectivity index (χ4v) is 1.68. The predicted octanol–water partition coefficient (Wildman–Crippen LogP) is 2.44. The molecule has 1 rings (SSSR count). The van der Waals surface area contributed by atoms with Crippen LogP contribution in [0.2, 0.25) is 0 Å². The van der Waals surface area contributed by atoms with Gasteiger partial charge in [-0.25, -0.2) is 0 Å². The molecule has 19 heavy (non-hydrogen) atoms. The number of likely N-dealkylation sites (N-methyl/N-ethyl adjacent to an activating group) is 1. The van der Waals surface area contributed by atoms with Crippen molar-refractivity contribution in [3.63, 3.8) is 0 Å². The van der Waals surface area contributed by atoms with Crippen molar-refractivity contribution in [2.24, 2.45) is 0 Å². The molecule has 4 heteroatoms. The molecule has 0 bridgehead atoms. The molecule has 0 unspecified atom stereocenters. The molecule has 0 N–H and O–H groups in total. The summed E-state index contributed by atoms with van der Waals surface area (Å²) in [5, 5.41) is 0. The van der Waals surface area contributed by atoms with Crippen molar-refractivity contribution in [1.29, 1.82) is 0 Å². The summed E-state index contributed by atoms with van der Waals surface area (Å²) >= 11 is 0. The number of allylic oxidation sites excluding steroid dienone is 1. The highest BCUT2D eigenvalue weighted by atomic mass is 16.3. The van der Waals surface area contributed by atoms with E-state index in [1.54, 1.807) is 6.08 Å². The summed E-state index contributed by atoms with van der Waals surface area (Å²) in [6.07, 6.45) is 1.67. The number of aryl methyl sites for hydroxylation is 1. The SMILES string of the molecule is CC(C)=CC(=O)N(CCN(C)C)Cc1ccc(C)o1. The van der Waals surface area contributed by atoms with Crippen molar-refractivity contribution in [3.05, 3.63) is 35.3 Å². The molecule has 106 valence electrons. The van der Waals surface area contributed by atoms with E-state index < -0.39 is 0 Å². The monoisotopic (exact) mass is 264 g/mol. The van der Waals surface area contributed by atoms with Gasteiger partial charge in [0, 0.05) is 19.2 Å². The van der Waals surface area contributed by atoms with Gasteiger partial charge in [-0.1, -0.05) is 5.57 Å². The second kappa shape index (κ2) is 7.14. The quantitative estimate of drug-likeness (QED) is 0.741. The Balaban J connectivity index is 2.73. The zero-order valence-electron chi connectivity index (χ0n) is 12.6. The van der Waals surface area contributed by atoms with Crippen LogP contribution in [0.25, 0.3) is 0 Å². The van der Waals surface area contributed by atoms with Gasteiger partial charge in [0.2, 0.25) is 5.91 Å². The Bertz CT molecular complexity index is 443. The minimum absolute atomic E-state index is 0.0379. The van der Waals surface area contributed by atoms with Crippen LogP contribution in [-0.4, -0.2) is 42.9 Å². The molecule has 4 nitrogen and oxygen atoms in total. The van der Waals surface area contributed by atoms with E-state index in [9.17, 15) is 4.79 Å². The molecule has 0 fully saturated rings. The maximum atomic E-state index is 12.2. The Morgan fingerprint density at radius 3 is 2.42 bits per heavy atom. The van der Waals surface area contributed by atoms with Crippen LogP contribution in [-0.2, 0) is 11.3 Å². The molecule has 0 aliphatic rings. The fraction of sp³-hybridized carbons (Fsp3) is 0.533. The lowest BCUT2D eigenvalue weighted by atomic mass is 10.3. The number of hydrogen-bond acceptors (Lipinski definition) is 3. The standard InChI is InChI=1S/C15H24N2O2/c1-12(2)10-15(18)17(9-8-16(4)5)11-14-7-6-13(3)19-14/h6-7,10H,8-9,11H2,1-5H3. The van der Waals surface area contributed by atoms with E-state index in [1.165, 1.54) is 0 Å². The topological polar surface area (TPSA) is 36.7 Å². The van der Waals surface area contributed by atoms with Gasteiger partial charge in [-0.05, 0) is 47.0 Å². The Kier molecular flexibility index (Phi) is 5.83. The molecule has 0 aliphatic heterocycles. The van der Waals surface area contributed by atoms with Gasteiger partial charge in [-0.15, -0.1) is 0 Å². The third-order valence-electron chi connectivity index (χ3n) is 2.68. The van der Waals surface area contributed by atoms with Crippen LogP contribution < -0.4 is 0 Å². The lowest BCUT2D eigenvalue weighted by molar-refractivity contribution is -0.127. The van der Waals surface area contributed by atoms with E-state index in [2.05, 4.69) is 4.90 Å². The zero-order valence-corrected chi connectivity index (χ0v) is 12.6. The number of amides is 1. The average Bonchev–Trinajstić information content (AvgIpc) is 2.68. The van der Waals surface area contributed by atoms with Crippen molar-refractivity contribution in [2.45, 2.75) is 27.3 Å². The van der Waals surface area contributed by atoms with Gasteiger partial charge in [0.1, 0.15) is 11.5 Å².